The number of rotatable bonds is 11. The summed E-state index contributed by atoms with van der Waals surface area (Å²) in [6.45, 7) is 12.9. The molecule has 0 aromatic heterocycles. The number of hydrogen-bond donors (Lipinski definition) is 0. The summed E-state index contributed by atoms with van der Waals surface area (Å²) >= 11 is 0. The van der Waals surface area contributed by atoms with Crippen molar-refractivity contribution in [3.05, 3.63) is 71.4 Å². The van der Waals surface area contributed by atoms with E-state index >= 15 is 0 Å². The van der Waals surface area contributed by atoms with Gasteiger partial charge in [0.05, 0.1) is 6.61 Å². The molecule has 0 saturated carbocycles. The molecule has 0 fully saturated rings. The summed E-state index contributed by atoms with van der Waals surface area (Å²) < 4.78 is 10.9. The minimum atomic E-state index is -0.336. The lowest BCUT2D eigenvalue weighted by atomic mass is 10.1. The van der Waals surface area contributed by atoms with Gasteiger partial charge in [0.15, 0.2) is 0 Å². The smallest absolute Gasteiger partial charge is 0.330 e. The number of benzene rings is 1. The van der Waals surface area contributed by atoms with Gasteiger partial charge in [0.1, 0.15) is 12.4 Å². The second kappa shape index (κ2) is 12.7. The summed E-state index contributed by atoms with van der Waals surface area (Å²) in [6, 6.07) is 5.89. The van der Waals surface area contributed by atoms with Gasteiger partial charge in [-0.2, -0.15) is 0 Å². The fraction of sp³-hybridized carbons (Fsp3) is 0.375. The molecular formula is C24H32O3. The third-order valence-corrected chi connectivity index (χ3v) is 3.91. The summed E-state index contributed by atoms with van der Waals surface area (Å²) in [7, 11) is 0. The minimum Gasteiger partial charge on any atom is -0.489 e. The molecule has 0 amide bonds. The molecule has 27 heavy (non-hydrogen) atoms. The van der Waals surface area contributed by atoms with Gasteiger partial charge in [-0.3, -0.25) is 0 Å². The lowest BCUT2D eigenvalue weighted by Gasteiger charge is -2.10. The zero-order valence-electron chi connectivity index (χ0n) is 17.1. The van der Waals surface area contributed by atoms with Crippen LogP contribution in [-0.2, 0) is 16.0 Å². The highest BCUT2D eigenvalue weighted by Crippen LogP contribution is 2.22. The molecule has 1 aromatic rings. The first kappa shape index (κ1) is 22.5. The van der Waals surface area contributed by atoms with E-state index in [0.717, 1.165) is 29.7 Å². The van der Waals surface area contributed by atoms with E-state index in [0.29, 0.717) is 19.6 Å². The van der Waals surface area contributed by atoms with E-state index in [4.69, 9.17) is 9.47 Å². The molecule has 0 heterocycles. The molecule has 0 aliphatic carbocycles. The Hall–Kier alpha value is -2.55. The Morgan fingerprint density at radius 3 is 2.63 bits per heavy atom. The molecule has 0 bridgehead atoms. The van der Waals surface area contributed by atoms with E-state index in [-0.39, 0.29) is 5.97 Å². The number of esters is 1. The van der Waals surface area contributed by atoms with Crippen LogP contribution < -0.4 is 4.74 Å². The van der Waals surface area contributed by atoms with Crippen LogP contribution in [0.1, 0.15) is 51.7 Å². The van der Waals surface area contributed by atoms with Crippen molar-refractivity contribution in [2.24, 2.45) is 0 Å². The highest BCUT2D eigenvalue weighted by Gasteiger charge is 2.04. The summed E-state index contributed by atoms with van der Waals surface area (Å²) in [6.07, 6.45) is 12.2. The maximum absolute atomic E-state index is 11.5. The molecule has 3 heteroatoms. The Balaban J connectivity index is 2.73. The summed E-state index contributed by atoms with van der Waals surface area (Å²) in [5.74, 6) is 0.508. The van der Waals surface area contributed by atoms with E-state index < -0.39 is 0 Å². The minimum absolute atomic E-state index is 0.336. The Labute approximate surface area is 164 Å². The molecule has 0 unspecified atom stereocenters. The van der Waals surface area contributed by atoms with Gasteiger partial charge in [-0.25, -0.2) is 4.79 Å². The standard InChI is InChI=1S/C24H32O3/c1-6-9-22-18-21(13-15-24(25)26-7-2)12-14-23(22)27-17-16-20(5)11-8-10-19(3)4/h6,10,12-16,18H,1,7-9,11,17H2,2-5H3/b15-13?,20-16+. The zero-order valence-corrected chi connectivity index (χ0v) is 17.1. The van der Waals surface area contributed by atoms with Gasteiger partial charge in [-0.05, 0) is 82.4 Å². The van der Waals surface area contributed by atoms with Crippen molar-refractivity contribution in [3.8, 4) is 5.75 Å². The van der Waals surface area contributed by atoms with E-state index in [2.05, 4.69) is 39.5 Å². The van der Waals surface area contributed by atoms with E-state index in [1.165, 1.54) is 17.2 Å². The molecule has 0 atom stereocenters. The molecule has 3 nitrogen and oxygen atoms in total. The molecule has 1 aromatic carbocycles. The van der Waals surface area contributed by atoms with Crippen molar-refractivity contribution in [1.29, 1.82) is 0 Å². The van der Waals surface area contributed by atoms with Crippen molar-refractivity contribution in [3.63, 3.8) is 0 Å². The zero-order chi connectivity index (χ0) is 20.1. The number of hydrogen-bond acceptors (Lipinski definition) is 3. The van der Waals surface area contributed by atoms with Crippen LogP contribution in [0.2, 0.25) is 0 Å². The maximum atomic E-state index is 11.5. The third kappa shape index (κ3) is 9.64. The number of carbonyl (C=O) groups is 1. The lowest BCUT2D eigenvalue weighted by molar-refractivity contribution is -0.137. The Kier molecular flexibility index (Phi) is 10.6. The normalized spacial score (nSPS) is 11.3. The molecule has 146 valence electrons. The van der Waals surface area contributed by atoms with Gasteiger partial charge >= 0.3 is 5.97 Å². The predicted octanol–water partition coefficient (Wildman–Crippen LogP) is 6.06. The Bertz CT molecular complexity index is 704. The van der Waals surface area contributed by atoms with Crippen LogP contribution in [0.4, 0.5) is 0 Å². The second-order valence-electron chi connectivity index (χ2n) is 6.63. The number of ether oxygens (including phenoxy) is 2. The first-order chi connectivity index (χ1) is 13.0. The molecule has 0 aliphatic heterocycles. The first-order valence-corrected chi connectivity index (χ1v) is 9.46. The fourth-order valence-corrected chi connectivity index (χ4v) is 2.48. The van der Waals surface area contributed by atoms with Gasteiger partial charge in [0.2, 0.25) is 0 Å². The first-order valence-electron chi connectivity index (χ1n) is 9.46. The van der Waals surface area contributed by atoms with E-state index in [1.54, 1.807) is 13.0 Å². The molecule has 0 radical (unpaired) electrons. The largest absolute Gasteiger partial charge is 0.489 e. The third-order valence-electron chi connectivity index (χ3n) is 3.91. The highest BCUT2D eigenvalue weighted by molar-refractivity contribution is 5.87. The van der Waals surface area contributed by atoms with Crippen LogP contribution in [0, 0.1) is 0 Å². The van der Waals surface area contributed by atoms with Crippen LogP contribution in [0.15, 0.2) is 60.2 Å². The summed E-state index contributed by atoms with van der Waals surface area (Å²) in [5, 5.41) is 0. The molecule has 0 saturated heterocycles. The maximum Gasteiger partial charge on any atom is 0.330 e. The second-order valence-corrected chi connectivity index (χ2v) is 6.63. The monoisotopic (exact) mass is 368 g/mol. The average Bonchev–Trinajstić information content (AvgIpc) is 2.61. The molecule has 1 rings (SSSR count). The molecule has 0 spiro atoms. The van der Waals surface area contributed by atoms with Crippen LogP contribution in [0.25, 0.3) is 6.08 Å². The fourth-order valence-electron chi connectivity index (χ4n) is 2.48. The quantitative estimate of drug-likeness (QED) is 0.270. The van der Waals surface area contributed by atoms with Crippen LogP contribution in [0.5, 0.6) is 5.75 Å². The molecule has 0 aliphatic rings. The Morgan fingerprint density at radius 2 is 1.96 bits per heavy atom. The highest BCUT2D eigenvalue weighted by atomic mass is 16.5. The molecular weight excluding hydrogens is 336 g/mol. The van der Waals surface area contributed by atoms with Crippen molar-refractivity contribution in [2.45, 2.75) is 47.0 Å². The lowest BCUT2D eigenvalue weighted by Crippen LogP contribution is -2.00. The van der Waals surface area contributed by atoms with Gasteiger partial charge < -0.3 is 9.47 Å². The number of carbonyl (C=O) groups excluding carboxylic acids is 1. The van der Waals surface area contributed by atoms with Gasteiger partial charge in [-0.1, -0.05) is 29.4 Å². The van der Waals surface area contributed by atoms with Crippen molar-refractivity contribution < 1.29 is 14.3 Å². The van der Waals surface area contributed by atoms with Gasteiger partial charge in [-0.15, -0.1) is 6.58 Å². The van der Waals surface area contributed by atoms with Gasteiger partial charge in [0.25, 0.3) is 0 Å². The summed E-state index contributed by atoms with van der Waals surface area (Å²) in [5.41, 5.74) is 4.66. The average molecular weight is 369 g/mol. The van der Waals surface area contributed by atoms with E-state index in [9.17, 15) is 4.79 Å². The topological polar surface area (TPSA) is 35.5 Å². The predicted molar refractivity (Wildman–Crippen MR) is 114 cm³/mol. The summed E-state index contributed by atoms with van der Waals surface area (Å²) in [4.78, 5) is 11.5. The molecule has 0 N–H and O–H groups in total. The van der Waals surface area contributed by atoms with Crippen LogP contribution in [0.3, 0.4) is 0 Å². The Morgan fingerprint density at radius 1 is 1.19 bits per heavy atom. The van der Waals surface area contributed by atoms with Crippen LogP contribution in [-0.4, -0.2) is 19.2 Å². The van der Waals surface area contributed by atoms with E-state index in [1.807, 2.05) is 24.3 Å². The van der Waals surface area contributed by atoms with Crippen molar-refractivity contribution in [1.82, 2.24) is 0 Å². The van der Waals surface area contributed by atoms with Gasteiger partial charge in [0, 0.05) is 6.08 Å². The SMILES string of the molecule is C=CCc1cc(C=CC(=O)OCC)ccc1OC/C=C(\C)CCC=C(C)C. The van der Waals surface area contributed by atoms with Crippen molar-refractivity contribution >= 4 is 12.0 Å². The number of allylic oxidation sites excluding steroid dienone is 4. The van der Waals surface area contributed by atoms with Crippen molar-refractivity contribution in [2.75, 3.05) is 13.2 Å². The van der Waals surface area contributed by atoms with Crippen LogP contribution >= 0.6 is 0 Å².